The van der Waals surface area contributed by atoms with Crippen LogP contribution in [0, 0.1) is 0 Å². The zero-order valence-corrected chi connectivity index (χ0v) is 10.8. The van der Waals surface area contributed by atoms with Crippen molar-refractivity contribution >= 4 is 21.8 Å². The molecule has 0 fully saturated rings. The molecule has 2 heterocycles. The number of nitrogens with zero attached hydrogens (tertiary/aromatic N) is 2. The van der Waals surface area contributed by atoms with Crippen molar-refractivity contribution < 1.29 is 0 Å². The lowest BCUT2D eigenvalue weighted by atomic mass is 10.0. The fraction of sp³-hybridized carbons (Fsp3) is 0.250. The van der Waals surface area contributed by atoms with E-state index in [1.165, 1.54) is 21.9 Å². The number of benzene rings is 1. The Morgan fingerprint density at radius 2 is 1.17 bits per heavy atom. The van der Waals surface area contributed by atoms with Gasteiger partial charge in [0.05, 0.1) is 11.0 Å². The maximum Gasteiger partial charge on any atom is 0.0967 e. The van der Waals surface area contributed by atoms with E-state index in [0.29, 0.717) is 0 Å². The minimum Gasteiger partial charge on any atom is -0.254 e. The highest BCUT2D eigenvalue weighted by atomic mass is 14.7. The summed E-state index contributed by atoms with van der Waals surface area (Å²) in [6, 6.07) is 8.56. The fourth-order valence-corrected chi connectivity index (χ4v) is 2.56. The van der Waals surface area contributed by atoms with Crippen LogP contribution in [-0.4, -0.2) is 9.97 Å². The Bertz CT molecular complexity index is 654. The van der Waals surface area contributed by atoms with Crippen LogP contribution in [0.3, 0.4) is 0 Å². The summed E-state index contributed by atoms with van der Waals surface area (Å²) in [6.45, 7) is 4.35. The van der Waals surface area contributed by atoms with Gasteiger partial charge in [-0.2, -0.15) is 0 Å². The maximum absolute atomic E-state index is 4.53. The molecule has 0 saturated heterocycles. The van der Waals surface area contributed by atoms with Gasteiger partial charge in [0.25, 0.3) is 0 Å². The predicted molar refractivity (Wildman–Crippen MR) is 75.8 cm³/mol. The average Bonchev–Trinajstić information content (AvgIpc) is 2.45. The summed E-state index contributed by atoms with van der Waals surface area (Å²) in [5.74, 6) is 0. The third-order valence-corrected chi connectivity index (χ3v) is 3.56. The Labute approximate surface area is 107 Å². The minimum atomic E-state index is 1.03. The van der Waals surface area contributed by atoms with Crippen molar-refractivity contribution in [2.24, 2.45) is 0 Å². The number of fused-ring (bicyclic) bond motifs is 3. The molecule has 2 nitrogen and oxygen atoms in total. The SMILES string of the molecule is CCc1ccnc2c1ccc1c(CC)ccnc12. The molecule has 0 aliphatic carbocycles. The Balaban J connectivity index is 2.47. The van der Waals surface area contributed by atoms with Crippen LogP contribution in [0.25, 0.3) is 21.8 Å². The third kappa shape index (κ3) is 1.57. The van der Waals surface area contributed by atoms with Crippen molar-refractivity contribution in [2.75, 3.05) is 0 Å². The topological polar surface area (TPSA) is 25.8 Å². The number of aryl methyl sites for hydroxylation is 2. The number of pyridine rings is 2. The van der Waals surface area contributed by atoms with Crippen molar-refractivity contribution in [2.45, 2.75) is 26.7 Å². The second-order valence-corrected chi connectivity index (χ2v) is 4.51. The molecule has 0 atom stereocenters. The Morgan fingerprint density at radius 3 is 1.56 bits per heavy atom. The van der Waals surface area contributed by atoms with Gasteiger partial charge in [-0.3, -0.25) is 9.97 Å². The highest BCUT2D eigenvalue weighted by molar-refractivity contribution is 6.04. The zero-order valence-electron chi connectivity index (χ0n) is 10.8. The molecule has 1 aromatic carbocycles. The molecule has 2 aromatic heterocycles. The van der Waals surface area contributed by atoms with E-state index < -0.39 is 0 Å². The first kappa shape index (κ1) is 11.1. The highest BCUT2D eigenvalue weighted by Crippen LogP contribution is 2.26. The lowest BCUT2D eigenvalue weighted by molar-refractivity contribution is 1.14. The Kier molecular flexibility index (Phi) is 2.71. The molecular weight excluding hydrogens is 220 g/mol. The maximum atomic E-state index is 4.53. The summed E-state index contributed by atoms with van der Waals surface area (Å²) in [6.07, 6.45) is 5.83. The molecule has 0 N–H and O–H groups in total. The molecule has 0 saturated carbocycles. The first-order valence-electron chi connectivity index (χ1n) is 6.49. The number of aromatic nitrogens is 2. The smallest absolute Gasteiger partial charge is 0.0967 e. The Morgan fingerprint density at radius 1 is 0.722 bits per heavy atom. The molecule has 0 aliphatic heterocycles. The van der Waals surface area contributed by atoms with Gasteiger partial charge in [-0.15, -0.1) is 0 Å². The molecule has 18 heavy (non-hydrogen) atoms. The molecule has 2 heteroatoms. The first-order valence-corrected chi connectivity index (χ1v) is 6.49. The molecule has 0 radical (unpaired) electrons. The lowest BCUT2D eigenvalue weighted by Gasteiger charge is -2.08. The van der Waals surface area contributed by atoms with Crippen LogP contribution in [0.15, 0.2) is 36.7 Å². The quantitative estimate of drug-likeness (QED) is 0.630. The summed E-state index contributed by atoms with van der Waals surface area (Å²) < 4.78 is 0. The lowest BCUT2D eigenvalue weighted by Crippen LogP contribution is -1.92. The summed E-state index contributed by atoms with van der Waals surface area (Å²) >= 11 is 0. The van der Waals surface area contributed by atoms with Gasteiger partial charge in [-0.25, -0.2) is 0 Å². The van der Waals surface area contributed by atoms with Crippen molar-refractivity contribution in [1.82, 2.24) is 9.97 Å². The van der Waals surface area contributed by atoms with Crippen LogP contribution in [0.5, 0.6) is 0 Å². The van der Waals surface area contributed by atoms with E-state index in [9.17, 15) is 0 Å². The minimum absolute atomic E-state index is 1.03. The van der Waals surface area contributed by atoms with Gasteiger partial charge >= 0.3 is 0 Å². The molecule has 3 aromatic rings. The van der Waals surface area contributed by atoms with Crippen LogP contribution in [0.2, 0.25) is 0 Å². The summed E-state index contributed by atoms with van der Waals surface area (Å²) in [5, 5.41) is 2.46. The van der Waals surface area contributed by atoms with Crippen LogP contribution in [0.1, 0.15) is 25.0 Å². The molecule has 0 amide bonds. The van der Waals surface area contributed by atoms with Crippen molar-refractivity contribution in [1.29, 1.82) is 0 Å². The van der Waals surface area contributed by atoms with Crippen LogP contribution < -0.4 is 0 Å². The zero-order chi connectivity index (χ0) is 12.5. The van der Waals surface area contributed by atoms with E-state index in [2.05, 4.69) is 48.1 Å². The molecule has 0 bridgehead atoms. The summed E-state index contributed by atoms with van der Waals surface area (Å²) in [5.41, 5.74) is 4.74. The van der Waals surface area contributed by atoms with Crippen molar-refractivity contribution in [3.63, 3.8) is 0 Å². The monoisotopic (exact) mass is 236 g/mol. The van der Waals surface area contributed by atoms with Gasteiger partial charge in [-0.1, -0.05) is 26.0 Å². The van der Waals surface area contributed by atoms with E-state index in [1.807, 2.05) is 12.4 Å². The standard InChI is InChI=1S/C16H16N2/c1-3-11-7-9-17-15-13(11)5-6-14-12(4-2)8-10-18-16(14)15/h5-10H,3-4H2,1-2H3. The van der Waals surface area contributed by atoms with Crippen LogP contribution in [-0.2, 0) is 12.8 Å². The van der Waals surface area contributed by atoms with E-state index in [1.54, 1.807) is 0 Å². The van der Waals surface area contributed by atoms with Gasteiger partial charge in [0, 0.05) is 23.2 Å². The van der Waals surface area contributed by atoms with Gasteiger partial charge in [0.1, 0.15) is 0 Å². The first-order chi connectivity index (χ1) is 8.85. The summed E-state index contributed by atoms with van der Waals surface area (Å²) in [7, 11) is 0. The molecule has 90 valence electrons. The van der Waals surface area contributed by atoms with Crippen LogP contribution >= 0.6 is 0 Å². The van der Waals surface area contributed by atoms with E-state index >= 15 is 0 Å². The molecule has 0 spiro atoms. The second kappa shape index (κ2) is 4.37. The number of rotatable bonds is 2. The number of hydrogen-bond acceptors (Lipinski definition) is 2. The molecular formula is C16H16N2. The fourth-order valence-electron chi connectivity index (χ4n) is 2.56. The molecule has 0 unspecified atom stereocenters. The van der Waals surface area contributed by atoms with Gasteiger partial charge < -0.3 is 0 Å². The van der Waals surface area contributed by atoms with E-state index in [4.69, 9.17) is 0 Å². The van der Waals surface area contributed by atoms with E-state index in [0.717, 1.165) is 23.9 Å². The molecule has 0 aliphatic rings. The van der Waals surface area contributed by atoms with Gasteiger partial charge in [0.15, 0.2) is 0 Å². The largest absolute Gasteiger partial charge is 0.254 e. The van der Waals surface area contributed by atoms with Crippen molar-refractivity contribution in [3.8, 4) is 0 Å². The number of hydrogen-bond donors (Lipinski definition) is 0. The highest BCUT2D eigenvalue weighted by Gasteiger charge is 2.07. The third-order valence-electron chi connectivity index (χ3n) is 3.56. The van der Waals surface area contributed by atoms with Gasteiger partial charge in [0.2, 0.25) is 0 Å². The Hall–Kier alpha value is -1.96. The van der Waals surface area contributed by atoms with Gasteiger partial charge in [-0.05, 0) is 36.1 Å². The normalized spacial score (nSPS) is 11.2. The second-order valence-electron chi connectivity index (χ2n) is 4.51. The van der Waals surface area contributed by atoms with Crippen molar-refractivity contribution in [3.05, 3.63) is 47.8 Å². The van der Waals surface area contributed by atoms with E-state index in [-0.39, 0.29) is 0 Å². The molecule has 3 rings (SSSR count). The summed E-state index contributed by atoms with van der Waals surface area (Å²) in [4.78, 5) is 9.06. The average molecular weight is 236 g/mol. The van der Waals surface area contributed by atoms with Crippen LogP contribution in [0.4, 0.5) is 0 Å². The predicted octanol–water partition coefficient (Wildman–Crippen LogP) is 3.91.